The van der Waals surface area contributed by atoms with Crippen LogP contribution in [0.4, 0.5) is 14.5 Å². The minimum absolute atomic E-state index is 0.0515. The molecule has 4 aromatic heterocycles. The van der Waals surface area contributed by atoms with Crippen LogP contribution in [0.25, 0.3) is 26.3 Å². The van der Waals surface area contributed by atoms with Crippen molar-refractivity contribution in [3.8, 4) is 33.4 Å². The Morgan fingerprint density at radius 2 is 1.91 bits per heavy atom. The highest BCUT2D eigenvalue weighted by Crippen LogP contribution is 2.39. The van der Waals surface area contributed by atoms with E-state index in [0.29, 0.717) is 35.5 Å². The number of thiophene rings is 1. The van der Waals surface area contributed by atoms with Crippen molar-refractivity contribution < 1.29 is 23.0 Å². The molecule has 0 saturated carbocycles. The number of hydrogen-bond acceptors (Lipinski definition) is 7. The summed E-state index contributed by atoms with van der Waals surface area (Å²) >= 11 is 1.45. The van der Waals surface area contributed by atoms with Gasteiger partial charge in [-0.3, -0.25) is 23.8 Å². The summed E-state index contributed by atoms with van der Waals surface area (Å²) in [5, 5.41) is 6.81. The van der Waals surface area contributed by atoms with Crippen LogP contribution < -0.4 is 20.3 Å². The first kappa shape index (κ1) is 26.5. The van der Waals surface area contributed by atoms with Crippen molar-refractivity contribution >= 4 is 33.1 Å². The average Bonchev–Trinajstić information content (AvgIpc) is 3.74. The quantitative estimate of drug-likeness (QED) is 0.249. The Labute approximate surface area is 246 Å². The van der Waals surface area contributed by atoms with Gasteiger partial charge >= 0.3 is 0 Å². The monoisotopic (exact) mass is 597 g/mol. The molecular weight excluding hydrogens is 576 g/mol. The van der Waals surface area contributed by atoms with Gasteiger partial charge in [-0.15, -0.1) is 11.3 Å². The zero-order valence-corrected chi connectivity index (χ0v) is 23.3. The molecule has 0 atom stereocenters. The van der Waals surface area contributed by atoms with E-state index in [1.165, 1.54) is 52.3 Å². The molecule has 1 amide bonds. The molecule has 0 bridgehead atoms. The Bertz CT molecular complexity index is 2100. The highest BCUT2D eigenvalue weighted by Gasteiger charge is 2.27. The molecule has 43 heavy (non-hydrogen) atoms. The molecule has 6 aromatic rings. The first-order valence-electron chi connectivity index (χ1n) is 13.2. The minimum atomic E-state index is -0.759. The Morgan fingerprint density at radius 3 is 2.67 bits per heavy atom. The van der Waals surface area contributed by atoms with E-state index in [1.807, 2.05) is 19.3 Å². The number of aryl methyl sites for hydroxylation is 1. The number of fused-ring (bicyclic) bond motifs is 2. The number of anilines is 1. The van der Waals surface area contributed by atoms with E-state index in [9.17, 15) is 14.0 Å². The normalized spacial score (nSPS) is 12.3. The fraction of sp³-hybridized carbons (Fsp3) is 0.0968. The maximum Gasteiger partial charge on any atom is 0.271 e. The third kappa shape index (κ3) is 4.91. The Hall–Kier alpha value is -5.36. The van der Waals surface area contributed by atoms with Crippen molar-refractivity contribution in [2.24, 2.45) is 7.05 Å². The molecule has 214 valence electrons. The number of halogens is 2. The Balaban J connectivity index is 1.16. The molecule has 5 heterocycles. The van der Waals surface area contributed by atoms with Crippen LogP contribution in [0.3, 0.4) is 0 Å². The van der Waals surface area contributed by atoms with Crippen molar-refractivity contribution in [3.63, 3.8) is 0 Å². The lowest BCUT2D eigenvalue weighted by Crippen LogP contribution is -2.29. The van der Waals surface area contributed by atoms with Gasteiger partial charge in [-0.05, 0) is 42.5 Å². The predicted octanol–water partition coefficient (Wildman–Crippen LogP) is 6.11. The van der Waals surface area contributed by atoms with Gasteiger partial charge in [0.15, 0.2) is 11.6 Å². The number of ether oxygens (including phenoxy) is 2. The third-order valence-corrected chi connectivity index (χ3v) is 8.15. The zero-order valence-electron chi connectivity index (χ0n) is 22.5. The summed E-state index contributed by atoms with van der Waals surface area (Å²) in [6, 6.07) is 12.9. The lowest BCUT2D eigenvalue weighted by molar-refractivity contribution is 0.102. The average molecular weight is 598 g/mol. The van der Waals surface area contributed by atoms with Crippen molar-refractivity contribution in [2.75, 3.05) is 11.9 Å². The van der Waals surface area contributed by atoms with Crippen LogP contribution in [-0.2, 0) is 13.5 Å². The summed E-state index contributed by atoms with van der Waals surface area (Å²) in [7, 11) is 1.84. The van der Waals surface area contributed by atoms with Crippen LogP contribution in [0.5, 0.6) is 17.2 Å². The lowest BCUT2D eigenvalue weighted by atomic mass is 10.1. The van der Waals surface area contributed by atoms with E-state index in [2.05, 4.69) is 15.4 Å². The third-order valence-electron chi connectivity index (χ3n) is 6.96. The molecule has 1 aliphatic rings. The first-order valence-corrected chi connectivity index (χ1v) is 14.0. The topological polar surface area (TPSA) is 100 Å². The van der Waals surface area contributed by atoms with E-state index in [0.717, 1.165) is 21.2 Å². The van der Waals surface area contributed by atoms with Crippen molar-refractivity contribution in [2.45, 2.75) is 6.42 Å². The van der Waals surface area contributed by atoms with Crippen molar-refractivity contribution in [1.29, 1.82) is 0 Å². The molecule has 0 fully saturated rings. The molecule has 0 saturated heterocycles. The summed E-state index contributed by atoms with van der Waals surface area (Å²) in [4.78, 5) is 32.1. The van der Waals surface area contributed by atoms with Crippen LogP contribution in [-0.4, -0.2) is 31.8 Å². The second kappa shape index (κ2) is 10.5. The number of nitrogens with zero attached hydrogens (tertiary/aromatic N) is 4. The Morgan fingerprint density at radius 1 is 1.07 bits per heavy atom. The van der Waals surface area contributed by atoms with Crippen LogP contribution in [0.1, 0.15) is 15.9 Å². The first-order chi connectivity index (χ1) is 20.8. The summed E-state index contributed by atoms with van der Waals surface area (Å²) in [6.07, 6.45) is 7.32. The molecule has 0 aliphatic carbocycles. The number of amides is 1. The predicted molar refractivity (Wildman–Crippen MR) is 157 cm³/mol. The molecule has 9 nitrogen and oxygen atoms in total. The van der Waals surface area contributed by atoms with Gasteiger partial charge in [-0.1, -0.05) is 0 Å². The van der Waals surface area contributed by atoms with Crippen LogP contribution in [0, 0.1) is 11.6 Å². The fourth-order valence-electron chi connectivity index (χ4n) is 4.91. The maximum absolute atomic E-state index is 15.3. The molecule has 0 spiro atoms. The SMILES string of the molecule is Cn1cc(-c2cc3nccc(Oc4ccc(NC(=O)c5c6c(cn(-c7ccc(F)cc7)c5=O)CCO6)cc4F)c3s2)cn1. The molecule has 2 aromatic carbocycles. The summed E-state index contributed by atoms with van der Waals surface area (Å²) in [6.45, 7) is 0.305. The molecule has 12 heteroatoms. The number of aromatic nitrogens is 4. The van der Waals surface area contributed by atoms with Gasteiger partial charge in [0.05, 0.1) is 23.0 Å². The van der Waals surface area contributed by atoms with Crippen LogP contribution >= 0.6 is 11.3 Å². The van der Waals surface area contributed by atoms with E-state index in [1.54, 1.807) is 29.3 Å². The summed E-state index contributed by atoms with van der Waals surface area (Å²) < 4.78 is 44.0. The van der Waals surface area contributed by atoms with Gasteiger partial charge in [-0.25, -0.2) is 8.78 Å². The lowest BCUT2D eigenvalue weighted by Gasteiger charge is -2.14. The number of pyridine rings is 2. The van der Waals surface area contributed by atoms with Gasteiger partial charge in [0, 0.05) is 71.6 Å². The van der Waals surface area contributed by atoms with Gasteiger partial charge in [0.25, 0.3) is 11.5 Å². The van der Waals surface area contributed by atoms with Crippen LogP contribution in [0.2, 0.25) is 0 Å². The van der Waals surface area contributed by atoms with Gasteiger partial charge in [-0.2, -0.15) is 5.10 Å². The second-order valence-electron chi connectivity index (χ2n) is 9.85. The highest BCUT2D eigenvalue weighted by atomic mass is 32.1. The molecular formula is C31H21F2N5O4S. The van der Waals surface area contributed by atoms with E-state index >= 15 is 4.39 Å². The van der Waals surface area contributed by atoms with Gasteiger partial charge < -0.3 is 14.8 Å². The van der Waals surface area contributed by atoms with Gasteiger partial charge in [0.2, 0.25) is 0 Å². The van der Waals surface area contributed by atoms with E-state index in [-0.39, 0.29) is 22.7 Å². The number of carbonyl (C=O) groups is 1. The minimum Gasteiger partial charge on any atom is -0.492 e. The second-order valence-corrected chi connectivity index (χ2v) is 10.9. The fourth-order valence-corrected chi connectivity index (χ4v) is 5.95. The maximum atomic E-state index is 15.3. The smallest absolute Gasteiger partial charge is 0.271 e. The number of hydrogen-bond donors (Lipinski definition) is 1. The Kier molecular flexibility index (Phi) is 6.47. The molecule has 0 unspecified atom stereocenters. The number of nitrogens with one attached hydrogen (secondary N) is 1. The number of carbonyl (C=O) groups excluding carboxylic acids is 1. The van der Waals surface area contributed by atoms with Crippen molar-refractivity contribution in [3.05, 3.63) is 112 Å². The molecule has 1 N–H and O–H groups in total. The van der Waals surface area contributed by atoms with Gasteiger partial charge in [0.1, 0.15) is 22.9 Å². The molecule has 7 rings (SSSR count). The highest BCUT2D eigenvalue weighted by molar-refractivity contribution is 7.22. The van der Waals surface area contributed by atoms with E-state index < -0.39 is 23.1 Å². The summed E-state index contributed by atoms with van der Waals surface area (Å²) in [5.74, 6) is -1.37. The summed E-state index contributed by atoms with van der Waals surface area (Å²) in [5.41, 5.74) is 1.94. The zero-order chi connectivity index (χ0) is 29.7. The number of benzene rings is 2. The van der Waals surface area contributed by atoms with Crippen LogP contribution in [0.15, 0.2) is 84.2 Å². The largest absolute Gasteiger partial charge is 0.492 e. The number of rotatable bonds is 6. The van der Waals surface area contributed by atoms with E-state index in [4.69, 9.17) is 9.47 Å². The molecule has 0 radical (unpaired) electrons. The molecule has 1 aliphatic heterocycles. The standard InChI is InChI=1S/C31H21F2N5O4S/c1-37-15-18(14-35-37)26-13-23-29(43-26)25(8-10-34-23)42-24-7-4-20(12-22(24)33)36-30(39)27-28-17(9-11-41-28)16-38(31(27)40)21-5-2-19(32)3-6-21/h2-8,10,12-16H,9,11H2,1H3,(H,36,39). The van der Waals surface area contributed by atoms with Crippen molar-refractivity contribution in [1.82, 2.24) is 19.3 Å².